The Morgan fingerprint density at radius 1 is 1.20 bits per heavy atom. The quantitative estimate of drug-likeness (QED) is 0.861. The standard InChI is InChI=1S/C18H21NO/c1-2-13-5-3-7-15(11-13)19-18-8-4-6-14-12-16(20)9-10-17(14)18/h3,5,7,9-12,18-20H,2,4,6,8H2,1H3. The van der Waals surface area contributed by atoms with Gasteiger partial charge in [0, 0.05) is 5.69 Å². The first kappa shape index (κ1) is 13.0. The van der Waals surface area contributed by atoms with Crippen molar-refractivity contribution in [1.82, 2.24) is 0 Å². The average molecular weight is 267 g/mol. The zero-order chi connectivity index (χ0) is 13.9. The Hall–Kier alpha value is -1.96. The zero-order valence-corrected chi connectivity index (χ0v) is 11.9. The molecule has 1 atom stereocenters. The van der Waals surface area contributed by atoms with Crippen LogP contribution in [0, 0.1) is 0 Å². The molecule has 0 aromatic heterocycles. The van der Waals surface area contributed by atoms with E-state index in [-0.39, 0.29) is 0 Å². The molecule has 20 heavy (non-hydrogen) atoms. The van der Waals surface area contributed by atoms with Crippen LogP contribution in [0.2, 0.25) is 0 Å². The van der Waals surface area contributed by atoms with Gasteiger partial charge in [-0.2, -0.15) is 0 Å². The van der Waals surface area contributed by atoms with E-state index in [2.05, 4.69) is 42.6 Å². The van der Waals surface area contributed by atoms with Gasteiger partial charge in [0.1, 0.15) is 5.75 Å². The predicted molar refractivity (Wildman–Crippen MR) is 83.2 cm³/mol. The van der Waals surface area contributed by atoms with Gasteiger partial charge in [-0.05, 0) is 66.6 Å². The van der Waals surface area contributed by atoms with E-state index in [1.54, 1.807) is 6.07 Å². The molecule has 2 heteroatoms. The Labute approximate surface area is 120 Å². The van der Waals surface area contributed by atoms with E-state index >= 15 is 0 Å². The number of nitrogens with one attached hydrogen (secondary N) is 1. The molecule has 2 aromatic carbocycles. The number of hydrogen-bond acceptors (Lipinski definition) is 2. The molecule has 0 fully saturated rings. The van der Waals surface area contributed by atoms with E-state index < -0.39 is 0 Å². The zero-order valence-electron chi connectivity index (χ0n) is 11.9. The monoisotopic (exact) mass is 267 g/mol. The van der Waals surface area contributed by atoms with E-state index in [1.165, 1.54) is 28.8 Å². The number of phenolic OH excluding ortho intramolecular Hbond substituents is 1. The van der Waals surface area contributed by atoms with Crippen LogP contribution in [0.15, 0.2) is 42.5 Å². The minimum absolute atomic E-state index is 0.353. The number of aryl methyl sites for hydroxylation is 2. The van der Waals surface area contributed by atoms with Crippen molar-refractivity contribution in [3.63, 3.8) is 0 Å². The summed E-state index contributed by atoms with van der Waals surface area (Å²) in [7, 11) is 0. The van der Waals surface area contributed by atoms with Crippen LogP contribution in [0.1, 0.15) is 42.5 Å². The lowest BCUT2D eigenvalue weighted by atomic mass is 9.87. The summed E-state index contributed by atoms with van der Waals surface area (Å²) in [5, 5.41) is 13.3. The molecule has 0 radical (unpaired) electrons. The molecule has 104 valence electrons. The molecule has 0 saturated carbocycles. The van der Waals surface area contributed by atoms with E-state index in [1.807, 2.05) is 6.07 Å². The van der Waals surface area contributed by atoms with Crippen LogP contribution in [0.3, 0.4) is 0 Å². The molecular weight excluding hydrogens is 246 g/mol. The van der Waals surface area contributed by atoms with Gasteiger partial charge in [-0.15, -0.1) is 0 Å². The minimum atomic E-state index is 0.353. The molecule has 2 nitrogen and oxygen atoms in total. The van der Waals surface area contributed by atoms with Gasteiger partial charge < -0.3 is 10.4 Å². The van der Waals surface area contributed by atoms with Crippen LogP contribution in [0.4, 0.5) is 5.69 Å². The number of phenols is 1. The Bertz CT molecular complexity index is 606. The van der Waals surface area contributed by atoms with Crippen molar-refractivity contribution in [2.75, 3.05) is 5.32 Å². The molecule has 2 N–H and O–H groups in total. The summed E-state index contributed by atoms with van der Waals surface area (Å²) in [5.74, 6) is 0.373. The van der Waals surface area contributed by atoms with E-state index in [0.29, 0.717) is 11.8 Å². The van der Waals surface area contributed by atoms with Gasteiger partial charge in [0.25, 0.3) is 0 Å². The summed E-state index contributed by atoms with van der Waals surface area (Å²) in [5.41, 5.74) is 5.16. The Morgan fingerprint density at radius 2 is 2.10 bits per heavy atom. The first-order chi connectivity index (χ1) is 9.76. The maximum Gasteiger partial charge on any atom is 0.115 e. The van der Waals surface area contributed by atoms with Crippen molar-refractivity contribution >= 4 is 5.69 Å². The van der Waals surface area contributed by atoms with Crippen LogP contribution in [0.25, 0.3) is 0 Å². The van der Waals surface area contributed by atoms with Gasteiger partial charge in [-0.3, -0.25) is 0 Å². The number of hydrogen-bond donors (Lipinski definition) is 2. The van der Waals surface area contributed by atoms with E-state index in [0.717, 1.165) is 19.3 Å². The highest BCUT2D eigenvalue weighted by Gasteiger charge is 2.20. The van der Waals surface area contributed by atoms with Gasteiger partial charge in [-0.1, -0.05) is 25.1 Å². The van der Waals surface area contributed by atoms with Crippen molar-refractivity contribution in [2.45, 2.75) is 38.6 Å². The molecule has 0 saturated heterocycles. The second kappa shape index (κ2) is 5.58. The highest BCUT2D eigenvalue weighted by molar-refractivity contribution is 5.50. The number of benzene rings is 2. The number of aromatic hydroxyl groups is 1. The molecule has 1 aliphatic carbocycles. The lowest BCUT2D eigenvalue weighted by molar-refractivity contribution is 0.472. The van der Waals surface area contributed by atoms with Crippen LogP contribution >= 0.6 is 0 Å². The fourth-order valence-corrected chi connectivity index (χ4v) is 3.03. The fourth-order valence-electron chi connectivity index (χ4n) is 3.03. The topological polar surface area (TPSA) is 32.3 Å². The van der Waals surface area contributed by atoms with E-state index in [9.17, 15) is 5.11 Å². The summed E-state index contributed by atoms with van der Waals surface area (Å²) in [6.07, 6.45) is 4.44. The van der Waals surface area contributed by atoms with Crippen molar-refractivity contribution < 1.29 is 5.11 Å². The van der Waals surface area contributed by atoms with Gasteiger partial charge in [0.05, 0.1) is 6.04 Å². The highest BCUT2D eigenvalue weighted by Crippen LogP contribution is 2.34. The Kier molecular flexibility index (Phi) is 3.64. The molecule has 3 rings (SSSR count). The fraction of sp³-hybridized carbons (Fsp3) is 0.333. The molecule has 1 unspecified atom stereocenters. The van der Waals surface area contributed by atoms with Crippen LogP contribution in [-0.4, -0.2) is 5.11 Å². The summed E-state index contributed by atoms with van der Waals surface area (Å²) >= 11 is 0. The first-order valence-corrected chi connectivity index (χ1v) is 7.43. The smallest absolute Gasteiger partial charge is 0.115 e. The second-order valence-electron chi connectivity index (χ2n) is 5.53. The van der Waals surface area contributed by atoms with E-state index in [4.69, 9.17) is 0 Å². The third-order valence-corrected chi connectivity index (χ3v) is 4.12. The van der Waals surface area contributed by atoms with Crippen molar-refractivity contribution in [1.29, 1.82) is 0 Å². The second-order valence-corrected chi connectivity index (χ2v) is 5.53. The minimum Gasteiger partial charge on any atom is -0.508 e. The molecule has 1 aliphatic rings. The summed E-state index contributed by atoms with van der Waals surface area (Å²) in [6.45, 7) is 2.18. The van der Waals surface area contributed by atoms with Crippen molar-refractivity contribution in [2.24, 2.45) is 0 Å². The number of fused-ring (bicyclic) bond motifs is 1. The molecule has 0 spiro atoms. The SMILES string of the molecule is CCc1cccc(NC2CCCc3cc(O)ccc32)c1. The van der Waals surface area contributed by atoms with Gasteiger partial charge in [0.2, 0.25) is 0 Å². The summed E-state index contributed by atoms with van der Waals surface area (Å²) < 4.78 is 0. The third-order valence-electron chi connectivity index (χ3n) is 4.12. The van der Waals surface area contributed by atoms with Crippen LogP contribution < -0.4 is 5.32 Å². The maximum absolute atomic E-state index is 9.61. The molecule has 0 amide bonds. The number of anilines is 1. The highest BCUT2D eigenvalue weighted by atomic mass is 16.3. The largest absolute Gasteiger partial charge is 0.508 e. The average Bonchev–Trinajstić information content (AvgIpc) is 2.47. The Balaban J connectivity index is 1.85. The normalized spacial score (nSPS) is 17.6. The lowest BCUT2D eigenvalue weighted by Gasteiger charge is -2.27. The van der Waals surface area contributed by atoms with Crippen molar-refractivity contribution in [3.05, 3.63) is 59.2 Å². The lowest BCUT2D eigenvalue weighted by Crippen LogP contribution is -2.17. The molecule has 0 aliphatic heterocycles. The molecule has 2 aromatic rings. The maximum atomic E-state index is 9.61. The predicted octanol–water partition coefficient (Wildman–Crippen LogP) is 4.44. The van der Waals surface area contributed by atoms with Gasteiger partial charge in [-0.25, -0.2) is 0 Å². The van der Waals surface area contributed by atoms with Crippen molar-refractivity contribution in [3.8, 4) is 5.75 Å². The van der Waals surface area contributed by atoms with Crippen LogP contribution in [0.5, 0.6) is 5.75 Å². The summed E-state index contributed by atoms with van der Waals surface area (Å²) in [6, 6.07) is 14.8. The van der Waals surface area contributed by atoms with Gasteiger partial charge >= 0.3 is 0 Å². The van der Waals surface area contributed by atoms with Crippen LogP contribution in [-0.2, 0) is 12.8 Å². The first-order valence-electron chi connectivity index (χ1n) is 7.43. The van der Waals surface area contributed by atoms with Gasteiger partial charge in [0.15, 0.2) is 0 Å². The third kappa shape index (κ3) is 2.64. The molecular formula is C18H21NO. The molecule has 0 bridgehead atoms. The number of rotatable bonds is 3. The summed E-state index contributed by atoms with van der Waals surface area (Å²) in [4.78, 5) is 0. The Morgan fingerprint density at radius 3 is 2.95 bits per heavy atom. The molecule has 0 heterocycles.